The van der Waals surface area contributed by atoms with Crippen molar-refractivity contribution in [1.82, 2.24) is 0 Å². The number of nitrogens with two attached hydrogens (primary N) is 2. The first kappa shape index (κ1) is 24.8. The summed E-state index contributed by atoms with van der Waals surface area (Å²) in [6.45, 7) is 5.03. The van der Waals surface area contributed by atoms with Crippen LogP contribution in [0.3, 0.4) is 0 Å². The third-order valence-electron chi connectivity index (χ3n) is 4.37. The molecule has 9 nitrogen and oxygen atoms in total. The number of nitrogens with zero attached hydrogens (tertiary/aromatic N) is 1. The number of primary amides is 1. The molecular formula is C23H29N3O6. The van der Waals surface area contributed by atoms with Crippen molar-refractivity contribution in [2.45, 2.75) is 57.8 Å². The Labute approximate surface area is 187 Å². The van der Waals surface area contributed by atoms with Crippen LogP contribution in [0.2, 0.25) is 0 Å². The van der Waals surface area contributed by atoms with Crippen molar-refractivity contribution in [2.24, 2.45) is 11.5 Å². The SMILES string of the molecule is CC(C)(C)OC(=O)N(C(=O)[C@@H](N)CCC(N)=O)c1ccccc1/C=C/[C@H]1CC=CC(=O)O1. The van der Waals surface area contributed by atoms with E-state index in [0.717, 1.165) is 4.90 Å². The molecule has 1 aliphatic rings. The maximum Gasteiger partial charge on any atom is 0.421 e. The average Bonchev–Trinajstić information content (AvgIpc) is 2.70. The third-order valence-corrected chi connectivity index (χ3v) is 4.37. The van der Waals surface area contributed by atoms with Gasteiger partial charge in [0.2, 0.25) is 5.91 Å². The summed E-state index contributed by atoms with van der Waals surface area (Å²) in [6, 6.07) is 5.54. The molecule has 0 spiro atoms. The zero-order valence-electron chi connectivity index (χ0n) is 18.4. The average molecular weight is 444 g/mol. The van der Waals surface area contributed by atoms with Crippen LogP contribution in [0.15, 0.2) is 42.5 Å². The first-order valence-corrected chi connectivity index (χ1v) is 10.2. The highest BCUT2D eigenvalue weighted by Crippen LogP contribution is 2.26. The largest absolute Gasteiger partial charge is 0.455 e. The summed E-state index contributed by atoms with van der Waals surface area (Å²) in [5.74, 6) is -1.77. The predicted octanol–water partition coefficient (Wildman–Crippen LogP) is 2.43. The molecule has 3 amide bonds. The van der Waals surface area contributed by atoms with Gasteiger partial charge in [-0.1, -0.05) is 30.4 Å². The molecule has 2 atom stereocenters. The number of rotatable bonds is 7. The second kappa shape index (κ2) is 10.7. The van der Waals surface area contributed by atoms with Crippen LogP contribution in [-0.4, -0.2) is 41.6 Å². The molecule has 0 saturated heterocycles. The molecule has 0 fully saturated rings. The summed E-state index contributed by atoms with van der Waals surface area (Å²) >= 11 is 0. The van der Waals surface area contributed by atoms with Gasteiger partial charge in [0.1, 0.15) is 11.7 Å². The van der Waals surface area contributed by atoms with Crippen molar-refractivity contribution in [1.29, 1.82) is 0 Å². The molecule has 0 unspecified atom stereocenters. The van der Waals surface area contributed by atoms with Gasteiger partial charge in [-0.15, -0.1) is 0 Å². The number of hydrogen-bond donors (Lipinski definition) is 2. The van der Waals surface area contributed by atoms with Gasteiger partial charge in [0.05, 0.1) is 11.7 Å². The van der Waals surface area contributed by atoms with E-state index in [-0.39, 0.29) is 18.5 Å². The maximum absolute atomic E-state index is 13.1. The van der Waals surface area contributed by atoms with Crippen LogP contribution >= 0.6 is 0 Å². The molecule has 9 heteroatoms. The first-order chi connectivity index (χ1) is 15.0. The summed E-state index contributed by atoms with van der Waals surface area (Å²) in [7, 11) is 0. The normalized spacial score (nSPS) is 17.0. The van der Waals surface area contributed by atoms with Crippen LogP contribution < -0.4 is 16.4 Å². The number of amides is 3. The summed E-state index contributed by atoms with van der Waals surface area (Å²) in [4.78, 5) is 49.5. The number of cyclic esters (lactones) is 1. The van der Waals surface area contributed by atoms with Crippen LogP contribution in [0.5, 0.6) is 0 Å². The van der Waals surface area contributed by atoms with E-state index in [9.17, 15) is 19.2 Å². The van der Waals surface area contributed by atoms with Crippen LogP contribution in [0.4, 0.5) is 10.5 Å². The Bertz CT molecular complexity index is 932. The fraction of sp³-hybridized carbons (Fsp3) is 0.391. The highest BCUT2D eigenvalue weighted by Gasteiger charge is 2.33. The molecular weight excluding hydrogens is 414 g/mol. The molecule has 172 valence electrons. The summed E-state index contributed by atoms with van der Waals surface area (Å²) in [5.41, 5.74) is 11.0. The van der Waals surface area contributed by atoms with Crippen molar-refractivity contribution in [3.8, 4) is 0 Å². The predicted molar refractivity (Wildman–Crippen MR) is 119 cm³/mol. The summed E-state index contributed by atoms with van der Waals surface area (Å²) < 4.78 is 10.6. The second-order valence-electron chi connectivity index (χ2n) is 8.30. The molecule has 0 aliphatic carbocycles. The Morgan fingerprint density at radius 2 is 1.97 bits per heavy atom. The number of carbonyl (C=O) groups excluding carboxylic acids is 4. The molecule has 2 rings (SSSR count). The maximum atomic E-state index is 13.1. The van der Waals surface area contributed by atoms with Gasteiger partial charge >= 0.3 is 12.1 Å². The van der Waals surface area contributed by atoms with Gasteiger partial charge in [-0.25, -0.2) is 14.5 Å². The summed E-state index contributed by atoms with van der Waals surface area (Å²) in [5, 5.41) is 0. The lowest BCUT2D eigenvalue weighted by Gasteiger charge is -2.28. The smallest absolute Gasteiger partial charge is 0.421 e. The van der Waals surface area contributed by atoms with Crippen molar-refractivity contribution >= 4 is 35.6 Å². The highest BCUT2D eigenvalue weighted by molar-refractivity contribution is 6.15. The lowest BCUT2D eigenvalue weighted by Crippen LogP contribution is -2.49. The van der Waals surface area contributed by atoms with Crippen molar-refractivity contribution in [3.05, 3.63) is 48.1 Å². The third kappa shape index (κ3) is 7.35. The minimum atomic E-state index is -1.14. The number of hydrogen-bond acceptors (Lipinski definition) is 7. The van der Waals surface area contributed by atoms with E-state index in [1.54, 1.807) is 63.3 Å². The quantitative estimate of drug-likeness (QED) is 0.616. The van der Waals surface area contributed by atoms with E-state index in [2.05, 4.69) is 0 Å². The van der Waals surface area contributed by atoms with Gasteiger partial charge in [0.25, 0.3) is 5.91 Å². The van der Waals surface area contributed by atoms with Crippen LogP contribution in [0, 0.1) is 0 Å². The molecule has 0 saturated carbocycles. The van der Waals surface area contributed by atoms with Crippen molar-refractivity contribution in [3.63, 3.8) is 0 Å². The van der Waals surface area contributed by atoms with Crippen LogP contribution in [0.25, 0.3) is 6.08 Å². The summed E-state index contributed by atoms with van der Waals surface area (Å²) in [6.07, 6.45) is 5.42. The lowest BCUT2D eigenvalue weighted by atomic mass is 10.1. The van der Waals surface area contributed by atoms with E-state index in [4.69, 9.17) is 20.9 Å². The van der Waals surface area contributed by atoms with Crippen molar-refractivity contribution in [2.75, 3.05) is 4.90 Å². The Morgan fingerprint density at radius 1 is 1.28 bits per heavy atom. The van der Waals surface area contributed by atoms with E-state index < -0.39 is 41.6 Å². The molecule has 0 bridgehead atoms. The highest BCUT2D eigenvalue weighted by atomic mass is 16.6. The molecule has 32 heavy (non-hydrogen) atoms. The molecule has 1 heterocycles. The van der Waals surface area contributed by atoms with Gasteiger partial charge in [0.15, 0.2) is 0 Å². The minimum Gasteiger partial charge on any atom is -0.455 e. The fourth-order valence-electron chi connectivity index (χ4n) is 2.90. The van der Waals surface area contributed by atoms with E-state index >= 15 is 0 Å². The minimum absolute atomic E-state index is 0.0180. The number of carbonyl (C=O) groups is 4. The zero-order chi connectivity index (χ0) is 23.9. The Morgan fingerprint density at radius 3 is 2.59 bits per heavy atom. The number of para-hydroxylation sites is 1. The number of imide groups is 1. The molecule has 4 N–H and O–H groups in total. The molecule has 1 aromatic rings. The molecule has 0 aromatic heterocycles. The van der Waals surface area contributed by atoms with Gasteiger partial charge in [-0.05, 0) is 44.9 Å². The standard InChI is InChI=1S/C23H29N3O6/c1-23(2,3)32-22(30)26(21(29)17(24)13-14-19(25)27)18-9-5-4-7-15(18)11-12-16-8-6-10-20(28)31-16/h4-7,9-12,16-17H,8,13-14,24H2,1-3H3,(H2,25,27)/b12-11+/t16-,17+/m1/s1. The Balaban J connectivity index is 2.39. The van der Waals surface area contributed by atoms with Gasteiger partial charge in [-0.2, -0.15) is 0 Å². The van der Waals surface area contributed by atoms with E-state index in [1.165, 1.54) is 6.08 Å². The van der Waals surface area contributed by atoms with Gasteiger partial charge < -0.3 is 20.9 Å². The van der Waals surface area contributed by atoms with Gasteiger partial charge in [0, 0.05) is 18.9 Å². The van der Waals surface area contributed by atoms with E-state index in [0.29, 0.717) is 12.0 Å². The topological polar surface area (TPSA) is 142 Å². The number of benzene rings is 1. The van der Waals surface area contributed by atoms with Gasteiger partial charge in [-0.3, -0.25) is 9.59 Å². The first-order valence-electron chi connectivity index (χ1n) is 10.2. The monoisotopic (exact) mass is 443 g/mol. The molecule has 1 aliphatic heterocycles. The second-order valence-corrected chi connectivity index (χ2v) is 8.30. The van der Waals surface area contributed by atoms with E-state index in [1.807, 2.05) is 0 Å². The lowest BCUT2D eigenvalue weighted by molar-refractivity contribution is -0.141. The number of esters is 1. The zero-order valence-corrected chi connectivity index (χ0v) is 18.4. The Hall–Kier alpha value is -3.46. The van der Waals surface area contributed by atoms with Crippen molar-refractivity contribution < 1.29 is 28.7 Å². The van der Waals surface area contributed by atoms with Crippen LogP contribution in [-0.2, 0) is 23.9 Å². The Kier molecular flexibility index (Phi) is 8.31. The molecule has 0 radical (unpaired) electrons. The fourth-order valence-corrected chi connectivity index (χ4v) is 2.90. The van der Waals surface area contributed by atoms with Crippen LogP contribution in [0.1, 0.15) is 45.6 Å². The molecule has 1 aromatic carbocycles. The number of anilines is 1. The number of ether oxygens (including phenoxy) is 2.